The molecular weight excluding hydrogens is 1190 g/mol. The van der Waals surface area contributed by atoms with Crippen molar-refractivity contribution in [2.24, 2.45) is 0 Å². The summed E-state index contributed by atoms with van der Waals surface area (Å²) in [5.41, 5.74) is 10.3. The number of hydrogen-bond donors (Lipinski definition) is 3. The third-order valence-electron chi connectivity index (χ3n) is 15.7. The quantitative estimate of drug-likeness (QED) is 0.0606. The molecule has 23 nitrogen and oxygen atoms in total. The second-order valence-electron chi connectivity index (χ2n) is 22.6. The number of para-hydroxylation sites is 1. The lowest BCUT2D eigenvalue weighted by Gasteiger charge is -2.31. The van der Waals surface area contributed by atoms with Crippen LogP contribution in [0, 0.1) is 0 Å². The third-order valence-corrected chi connectivity index (χ3v) is 18.8. The van der Waals surface area contributed by atoms with Gasteiger partial charge in [0, 0.05) is 103 Å². The molecule has 6 aromatic heterocycles. The molecule has 0 radical (unpaired) electrons. The number of fused-ring (bicyclic) bond motifs is 3. The molecule has 2 atom stereocenters. The number of halogens is 2. The van der Waals surface area contributed by atoms with E-state index in [4.69, 9.17) is 28.3 Å². The van der Waals surface area contributed by atoms with Crippen molar-refractivity contribution in [3.05, 3.63) is 128 Å². The molecule has 0 aliphatic carbocycles. The van der Waals surface area contributed by atoms with Gasteiger partial charge in [-0.05, 0) is 115 Å². The average Bonchev–Trinajstić information content (AvgIpc) is 4.43. The average molecular weight is 1250 g/mol. The summed E-state index contributed by atoms with van der Waals surface area (Å²) in [4.78, 5) is 31.7. The number of sulfone groups is 3. The predicted molar refractivity (Wildman–Crippen MR) is 329 cm³/mol. The van der Waals surface area contributed by atoms with E-state index in [0.29, 0.717) is 51.9 Å². The van der Waals surface area contributed by atoms with E-state index in [9.17, 15) is 25.3 Å². The van der Waals surface area contributed by atoms with Gasteiger partial charge in [-0.1, -0.05) is 81.2 Å². The van der Waals surface area contributed by atoms with Crippen molar-refractivity contribution in [3.63, 3.8) is 0 Å². The lowest BCUT2D eigenvalue weighted by atomic mass is 9.92. The van der Waals surface area contributed by atoms with Crippen molar-refractivity contribution in [2.75, 3.05) is 70.7 Å². The Hall–Kier alpha value is -7.26. The van der Waals surface area contributed by atoms with Crippen molar-refractivity contribution in [2.45, 2.75) is 125 Å². The molecule has 85 heavy (non-hydrogen) atoms. The Morgan fingerprint density at radius 1 is 0.494 bits per heavy atom. The molecule has 0 bridgehead atoms. The maximum atomic E-state index is 13.4. The summed E-state index contributed by atoms with van der Waals surface area (Å²) < 4.78 is 83.0. The molecule has 2 saturated heterocycles. The van der Waals surface area contributed by atoms with Gasteiger partial charge in [0.15, 0.2) is 16.9 Å². The number of hydrogen-bond acceptors (Lipinski definition) is 20. The van der Waals surface area contributed by atoms with E-state index in [2.05, 4.69) is 110 Å². The summed E-state index contributed by atoms with van der Waals surface area (Å²) in [6.45, 7) is 12.4. The van der Waals surface area contributed by atoms with Gasteiger partial charge in [-0.15, -0.1) is 0 Å². The minimum Gasteiger partial charge on any atom is -0.371 e. The van der Waals surface area contributed by atoms with E-state index in [1.54, 1.807) is 45.8 Å². The largest absolute Gasteiger partial charge is 0.371 e. The van der Waals surface area contributed by atoms with Gasteiger partial charge in [0.25, 0.3) is 15.5 Å². The second kappa shape index (κ2) is 23.9. The number of nitrogens with zero attached hydrogens (tertiary/aromatic N) is 14. The predicted octanol–water partition coefficient (Wildman–Crippen LogP) is 8.76. The van der Waals surface area contributed by atoms with Crippen molar-refractivity contribution < 1.29 is 25.3 Å². The molecule has 2 fully saturated rings. The van der Waals surface area contributed by atoms with Crippen LogP contribution in [0.2, 0.25) is 10.0 Å². The Morgan fingerprint density at radius 3 is 1.48 bits per heavy atom. The zero-order valence-electron chi connectivity index (χ0n) is 48.3. The van der Waals surface area contributed by atoms with Gasteiger partial charge in [-0.25, -0.2) is 25.3 Å². The summed E-state index contributed by atoms with van der Waals surface area (Å²) in [6.07, 6.45) is 14.8. The fourth-order valence-electron chi connectivity index (χ4n) is 11.3. The molecule has 2 unspecified atom stereocenters. The van der Waals surface area contributed by atoms with Crippen LogP contribution < -0.4 is 25.8 Å². The van der Waals surface area contributed by atoms with E-state index in [-0.39, 0.29) is 64.2 Å². The molecule has 11 rings (SSSR count). The monoisotopic (exact) mass is 1250 g/mol. The van der Waals surface area contributed by atoms with Crippen LogP contribution in [0.3, 0.4) is 0 Å². The standard InChI is InChI=1S/C57H67Cl2N17O6S3/c1-34(2)43-31-63-74-49(43)66-55(83(5,77)78)69-52(74)60-28-39-17-16-37(26-47(39)72-20-9-8-10-21-72)24-35(3)44-32-64-75-50(44)67-56(84(6,79)80)70-53(75)61-29-40-15-13-14-38(48(40)73-22-11-12-23-73)25-36(4)45-33-65-76-51(45)68-57(85(7,81)82)71-54(76)62-30-41-27-42(58)18-19-46(41)59/h13-19,26-27,31-36H,8-12,20-25,28-30H2,1-7H3,(H,60,66,69)(H,61,67,70)(H,62,68,71). The highest BCUT2D eigenvalue weighted by Crippen LogP contribution is 2.36. The number of piperidine rings is 1. The fraction of sp³-hybridized carbons (Fsp3) is 0.421. The van der Waals surface area contributed by atoms with Gasteiger partial charge in [-0.3, -0.25) is 0 Å². The smallest absolute Gasteiger partial charge is 0.252 e. The van der Waals surface area contributed by atoms with Crippen LogP contribution >= 0.6 is 23.2 Å². The number of nitrogens with one attached hydrogen (secondary N) is 3. The highest BCUT2D eigenvalue weighted by molar-refractivity contribution is 7.91. The minimum absolute atomic E-state index is 0.0544. The van der Waals surface area contributed by atoms with Crippen LogP contribution in [-0.4, -0.2) is 129 Å². The van der Waals surface area contributed by atoms with Crippen molar-refractivity contribution in [3.8, 4) is 0 Å². The maximum Gasteiger partial charge on any atom is 0.252 e. The molecule has 2 aliphatic heterocycles. The third kappa shape index (κ3) is 12.7. The van der Waals surface area contributed by atoms with E-state index in [0.717, 1.165) is 127 Å². The summed E-state index contributed by atoms with van der Waals surface area (Å²) in [7, 11) is -11.5. The van der Waals surface area contributed by atoms with Gasteiger partial charge in [0.05, 0.1) is 18.6 Å². The Bertz CT molecular complexity index is 4370. The molecule has 2 aliphatic rings. The first-order chi connectivity index (χ1) is 40.5. The van der Waals surface area contributed by atoms with Crippen molar-refractivity contribution in [1.82, 2.24) is 58.7 Å². The molecule has 9 aromatic rings. The van der Waals surface area contributed by atoms with Gasteiger partial charge >= 0.3 is 0 Å². The number of aromatic nitrogens is 12. The van der Waals surface area contributed by atoms with Crippen LogP contribution in [0.5, 0.6) is 0 Å². The molecule has 8 heterocycles. The number of anilines is 5. The molecular formula is C57H67Cl2N17O6S3. The van der Waals surface area contributed by atoms with Crippen LogP contribution in [-0.2, 0) is 62.0 Å². The second-order valence-corrected chi connectivity index (χ2v) is 29.2. The fourth-order valence-corrected chi connectivity index (χ4v) is 13.2. The summed E-state index contributed by atoms with van der Waals surface area (Å²) in [6, 6.07) is 17.6. The Labute approximate surface area is 503 Å². The van der Waals surface area contributed by atoms with Gasteiger partial charge in [-0.2, -0.15) is 58.7 Å². The lowest BCUT2D eigenvalue weighted by Crippen LogP contribution is -2.30. The highest BCUT2D eigenvalue weighted by Gasteiger charge is 2.28. The van der Waals surface area contributed by atoms with Gasteiger partial charge < -0.3 is 25.8 Å². The minimum atomic E-state index is -3.89. The first kappa shape index (κ1) is 59.5. The van der Waals surface area contributed by atoms with Crippen LogP contribution in [0.4, 0.5) is 29.2 Å². The molecule has 3 N–H and O–H groups in total. The van der Waals surface area contributed by atoms with Crippen LogP contribution in [0.25, 0.3) is 16.9 Å². The van der Waals surface area contributed by atoms with E-state index in [1.807, 2.05) is 19.9 Å². The molecule has 0 amide bonds. The Kier molecular flexibility index (Phi) is 16.7. The normalized spacial score (nSPS) is 15.2. The maximum absolute atomic E-state index is 13.4. The molecule has 0 spiro atoms. The topological polar surface area (TPSA) is 274 Å². The Morgan fingerprint density at radius 2 is 0.953 bits per heavy atom. The zero-order chi connectivity index (χ0) is 60.1. The van der Waals surface area contributed by atoms with Crippen molar-refractivity contribution >= 4 is 98.9 Å². The summed E-state index contributed by atoms with van der Waals surface area (Å²) >= 11 is 12.7. The number of rotatable bonds is 21. The molecule has 0 saturated carbocycles. The van der Waals surface area contributed by atoms with Crippen LogP contribution in [0.1, 0.15) is 122 Å². The lowest BCUT2D eigenvalue weighted by molar-refractivity contribution is 0.576. The zero-order valence-corrected chi connectivity index (χ0v) is 52.2. The van der Waals surface area contributed by atoms with Crippen LogP contribution in [0.15, 0.2) is 88.7 Å². The molecule has 3 aromatic carbocycles. The highest BCUT2D eigenvalue weighted by atomic mass is 35.5. The molecule has 448 valence electrons. The first-order valence-corrected chi connectivity index (χ1v) is 34.7. The van der Waals surface area contributed by atoms with Gasteiger partial charge in [0.1, 0.15) is 0 Å². The van der Waals surface area contributed by atoms with E-state index >= 15 is 0 Å². The summed E-state index contributed by atoms with van der Waals surface area (Å²) in [5, 5.41) is 24.1. The summed E-state index contributed by atoms with van der Waals surface area (Å²) in [5.74, 6) is 0.353. The van der Waals surface area contributed by atoms with E-state index < -0.39 is 29.5 Å². The first-order valence-electron chi connectivity index (χ1n) is 28.2. The SMILES string of the molecule is CC(C)c1cnn2c(NCc3ccc(CC(C)c4cnn5c(NCc6cccc(CC(C)c7cnn8c(NCc9cc(Cl)ccc9Cl)nc(S(C)(=O)=O)nc78)c6N6CCCC6)nc(S(C)(=O)=O)nc45)cc3N3CCCCC3)nc(S(C)(=O)=O)nc12. The number of benzene rings is 3. The van der Waals surface area contributed by atoms with E-state index in [1.165, 1.54) is 4.52 Å². The van der Waals surface area contributed by atoms with Gasteiger partial charge in [0.2, 0.25) is 47.4 Å². The van der Waals surface area contributed by atoms with Crippen molar-refractivity contribution in [1.29, 1.82) is 0 Å². The Balaban J connectivity index is 0.862. The molecule has 28 heteroatoms.